The summed E-state index contributed by atoms with van der Waals surface area (Å²) in [5, 5.41) is 0.857. The number of hydrogen-bond donors (Lipinski definition) is 1. The number of nitrogen functional groups attached to an aromatic ring is 1. The SMILES string of the molecule is COC(=O)c1c(N)nsc1N(CC(C)C)C1CC1. The molecule has 1 aromatic heterocycles. The number of ether oxygens (including phenoxy) is 1. The predicted molar refractivity (Wildman–Crippen MR) is 73.1 cm³/mol. The van der Waals surface area contributed by atoms with E-state index < -0.39 is 5.97 Å². The molecule has 0 spiro atoms. The van der Waals surface area contributed by atoms with Crippen LogP contribution in [0.5, 0.6) is 0 Å². The second-order valence-corrected chi connectivity index (χ2v) is 5.77. The van der Waals surface area contributed by atoms with Crippen LogP contribution in [0.4, 0.5) is 10.8 Å². The maximum Gasteiger partial charge on any atom is 0.344 e. The van der Waals surface area contributed by atoms with Crippen molar-refractivity contribution >= 4 is 28.3 Å². The Hall–Kier alpha value is -1.30. The average Bonchev–Trinajstić information content (AvgIpc) is 3.08. The van der Waals surface area contributed by atoms with Gasteiger partial charge in [0.05, 0.1) is 7.11 Å². The fourth-order valence-electron chi connectivity index (χ4n) is 1.96. The van der Waals surface area contributed by atoms with E-state index >= 15 is 0 Å². The van der Waals surface area contributed by atoms with E-state index in [1.165, 1.54) is 31.5 Å². The summed E-state index contributed by atoms with van der Waals surface area (Å²) in [4.78, 5) is 14.0. The summed E-state index contributed by atoms with van der Waals surface area (Å²) in [6.45, 7) is 5.24. The molecule has 1 aliphatic carbocycles. The molecule has 1 aromatic rings. The van der Waals surface area contributed by atoms with Gasteiger partial charge in [-0.05, 0) is 30.3 Å². The second kappa shape index (κ2) is 5.14. The number of anilines is 2. The van der Waals surface area contributed by atoms with Gasteiger partial charge in [-0.3, -0.25) is 0 Å². The van der Waals surface area contributed by atoms with Gasteiger partial charge >= 0.3 is 5.97 Å². The van der Waals surface area contributed by atoms with Crippen LogP contribution in [-0.4, -0.2) is 30.0 Å². The first-order chi connectivity index (χ1) is 8.54. The van der Waals surface area contributed by atoms with Crippen molar-refractivity contribution in [1.82, 2.24) is 4.37 Å². The lowest BCUT2D eigenvalue weighted by Gasteiger charge is -2.25. The van der Waals surface area contributed by atoms with Gasteiger partial charge in [-0.2, -0.15) is 4.37 Å². The Labute approximate surface area is 111 Å². The molecule has 18 heavy (non-hydrogen) atoms. The molecule has 1 fully saturated rings. The highest BCUT2D eigenvalue weighted by atomic mass is 32.1. The number of rotatable bonds is 5. The predicted octanol–water partition coefficient (Wildman–Crippen LogP) is 2.14. The van der Waals surface area contributed by atoms with Gasteiger partial charge < -0.3 is 15.4 Å². The molecule has 5 nitrogen and oxygen atoms in total. The minimum absolute atomic E-state index is 0.274. The number of carbonyl (C=O) groups excluding carboxylic acids is 1. The lowest BCUT2D eigenvalue weighted by atomic mass is 10.2. The van der Waals surface area contributed by atoms with Gasteiger partial charge in [0.2, 0.25) is 0 Å². The van der Waals surface area contributed by atoms with Crippen molar-refractivity contribution in [3.05, 3.63) is 5.56 Å². The van der Waals surface area contributed by atoms with E-state index in [9.17, 15) is 4.79 Å². The molecule has 6 heteroatoms. The molecule has 0 saturated heterocycles. The van der Waals surface area contributed by atoms with Gasteiger partial charge in [0, 0.05) is 12.6 Å². The molecule has 0 atom stereocenters. The summed E-state index contributed by atoms with van der Waals surface area (Å²) < 4.78 is 8.89. The zero-order chi connectivity index (χ0) is 13.3. The molecule has 1 aliphatic rings. The van der Waals surface area contributed by atoms with Crippen LogP contribution in [0.1, 0.15) is 37.0 Å². The molecule has 100 valence electrons. The summed E-state index contributed by atoms with van der Waals surface area (Å²) in [5.41, 5.74) is 6.20. The maximum atomic E-state index is 11.8. The average molecular weight is 269 g/mol. The van der Waals surface area contributed by atoms with Crippen LogP contribution in [0.3, 0.4) is 0 Å². The third-order valence-electron chi connectivity index (χ3n) is 2.90. The molecular formula is C12H19N3O2S. The Balaban J connectivity index is 2.32. The Morgan fingerprint density at radius 3 is 2.78 bits per heavy atom. The molecule has 0 radical (unpaired) electrons. The first-order valence-corrected chi connectivity index (χ1v) is 6.92. The normalized spacial score (nSPS) is 14.9. The van der Waals surface area contributed by atoms with Crippen molar-refractivity contribution in [3.8, 4) is 0 Å². The lowest BCUT2D eigenvalue weighted by molar-refractivity contribution is 0.0603. The number of esters is 1. The van der Waals surface area contributed by atoms with E-state index in [0.29, 0.717) is 17.5 Å². The van der Waals surface area contributed by atoms with Crippen LogP contribution in [0, 0.1) is 5.92 Å². The number of aromatic nitrogens is 1. The summed E-state index contributed by atoms with van der Waals surface area (Å²) in [6.07, 6.45) is 2.34. The molecule has 2 rings (SSSR count). The summed E-state index contributed by atoms with van der Waals surface area (Å²) >= 11 is 1.29. The number of methoxy groups -OCH3 is 1. The Morgan fingerprint density at radius 1 is 1.61 bits per heavy atom. The van der Waals surface area contributed by atoms with Crippen LogP contribution >= 0.6 is 11.5 Å². The highest BCUT2D eigenvalue weighted by molar-refractivity contribution is 7.11. The quantitative estimate of drug-likeness (QED) is 0.829. The Kier molecular flexibility index (Phi) is 3.75. The largest absolute Gasteiger partial charge is 0.465 e. The summed E-state index contributed by atoms with van der Waals surface area (Å²) in [7, 11) is 1.37. The van der Waals surface area contributed by atoms with Crippen molar-refractivity contribution in [2.24, 2.45) is 5.92 Å². The van der Waals surface area contributed by atoms with Crippen LogP contribution in [0.15, 0.2) is 0 Å². The topological polar surface area (TPSA) is 68.5 Å². The minimum Gasteiger partial charge on any atom is -0.465 e. The first-order valence-electron chi connectivity index (χ1n) is 6.14. The molecule has 1 heterocycles. The van der Waals surface area contributed by atoms with Crippen LogP contribution in [0.2, 0.25) is 0 Å². The number of hydrogen-bond acceptors (Lipinski definition) is 6. The van der Waals surface area contributed by atoms with Crippen LogP contribution in [0.25, 0.3) is 0 Å². The van der Waals surface area contributed by atoms with Gasteiger partial charge in [0.15, 0.2) is 5.82 Å². The third-order valence-corrected chi connectivity index (χ3v) is 3.80. The molecule has 0 aromatic carbocycles. The first kappa shape index (κ1) is 13.1. The fraction of sp³-hybridized carbons (Fsp3) is 0.667. The fourth-order valence-corrected chi connectivity index (χ4v) is 2.84. The van der Waals surface area contributed by atoms with Gasteiger partial charge in [0.1, 0.15) is 10.6 Å². The smallest absolute Gasteiger partial charge is 0.344 e. The molecule has 2 N–H and O–H groups in total. The van der Waals surface area contributed by atoms with E-state index in [4.69, 9.17) is 10.5 Å². The molecule has 1 saturated carbocycles. The molecule has 0 aliphatic heterocycles. The third kappa shape index (κ3) is 2.58. The van der Waals surface area contributed by atoms with Gasteiger partial charge in [-0.25, -0.2) is 4.79 Å². The van der Waals surface area contributed by atoms with Gasteiger partial charge in [-0.1, -0.05) is 13.8 Å². The van der Waals surface area contributed by atoms with Crippen LogP contribution < -0.4 is 10.6 Å². The molecule has 0 unspecified atom stereocenters. The van der Waals surface area contributed by atoms with E-state index in [1.807, 2.05) is 0 Å². The zero-order valence-corrected chi connectivity index (χ0v) is 11.8. The van der Waals surface area contributed by atoms with Gasteiger partial charge in [0.25, 0.3) is 0 Å². The van der Waals surface area contributed by atoms with Gasteiger partial charge in [-0.15, -0.1) is 0 Å². The van der Waals surface area contributed by atoms with Crippen molar-refractivity contribution < 1.29 is 9.53 Å². The Morgan fingerprint density at radius 2 is 2.28 bits per heavy atom. The standard InChI is InChI=1S/C12H19N3O2S/c1-7(2)6-15(8-4-5-8)11-9(12(16)17-3)10(13)14-18-11/h7-8H,4-6H2,1-3H3,(H2,13,14). The monoisotopic (exact) mass is 269 g/mol. The highest BCUT2D eigenvalue weighted by Crippen LogP contribution is 2.39. The Bertz CT molecular complexity index is 441. The van der Waals surface area contributed by atoms with Crippen molar-refractivity contribution in [1.29, 1.82) is 0 Å². The second-order valence-electron chi connectivity index (χ2n) is 5.02. The molecular weight excluding hydrogens is 250 g/mol. The number of carbonyl (C=O) groups is 1. The van der Waals surface area contributed by atoms with Crippen molar-refractivity contribution in [3.63, 3.8) is 0 Å². The summed E-state index contributed by atoms with van der Waals surface area (Å²) in [6, 6.07) is 0.524. The van der Waals surface area contributed by atoms with E-state index in [1.54, 1.807) is 0 Å². The molecule has 0 bridgehead atoms. The molecule has 0 amide bonds. The van der Waals surface area contributed by atoms with Crippen molar-refractivity contribution in [2.75, 3.05) is 24.3 Å². The number of nitrogens with two attached hydrogens (primary N) is 1. The van der Waals surface area contributed by atoms with E-state index in [0.717, 1.165) is 11.5 Å². The highest BCUT2D eigenvalue weighted by Gasteiger charge is 2.34. The minimum atomic E-state index is -0.398. The lowest BCUT2D eigenvalue weighted by Crippen LogP contribution is -2.30. The van der Waals surface area contributed by atoms with Crippen LogP contribution in [-0.2, 0) is 4.74 Å². The number of nitrogens with zero attached hydrogens (tertiary/aromatic N) is 2. The van der Waals surface area contributed by atoms with E-state index in [2.05, 4.69) is 23.1 Å². The maximum absolute atomic E-state index is 11.8. The zero-order valence-electron chi connectivity index (χ0n) is 11.0. The van der Waals surface area contributed by atoms with E-state index in [-0.39, 0.29) is 5.82 Å². The van der Waals surface area contributed by atoms with Crippen molar-refractivity contribution in [2.45, 2.75) is 32.7 Å². The summed E-state index contributed by atoms with van der Waals surface area (Å²) in [5.74, 6) is 0.404.